The minimum absolute atomic E-state index is 0.241. The molecule has 128 valence electrons. The number of anilines is 1. The highest BCUT2D eigenvalue weighted by atomic mass is 19.2. The molecule has 6 heteroatoms. The third kappa shape index (κ3) is 5.31. The smallest absolute Gasteiger partial charge is 0.225 e. The summed E-state index contributed by atoms with van der Waals surface area (Å²) in [6.07, 6.45) is 1.03. The third-order valence-corrected chi connectivity index (χ3v) is 3.50. The average molecular weight is 334 g/mol. The predicted octanol–water partition coefficient (Wildman–Crippen LogP) is 3.13. The van der Waals surface area contributed by atoms with E-state index in [1.165, 1.54) is 6.07 Å². The maximum absolute atomic E-state index is 13.1. The zero-order valence-electron chi connectivity index (χ0n) is 13.4. The fourth-order valence-corrected chi connectivity index (χ4v) is 2.26. The van der Waals surface area contributed by atoms with Crippen LogP contribution < -0.4 is 15.4 Å². The molecule has 0 aliphatic carbocycles. The van der Waals surface area contributed by atoms with E-state index >= 15 is 0 Å². The fourth-order valence-electron chi connectivity index (χ4n) is 2.26. The second-order valence-electron chi connectivity index (χ2n) is 5.24. The molecule has 1 amide bonds. The summed E-state index contributed by atoms with van der Waals surface area (Å²) in [5.41, 5.74) is 1.34. The van der Waals surface area contributed by atoms with Crippen LogP contribution in [0, 0.1) is 11.6 Å². The van der Waals surface area contributed by atoms with Crippen molar-refractivity contribution in [3.8, 4) is 5.75 Å². The van der Waals surface area contributed by atoms with Gasteiger partial charge in [-0.05, 0) is 36.7 Å². The first-order valence-electron chi connectivity index (χ1n) is 7.67. The molecule has 0 aliphatic heterocycles. The van der Waals surface area contributed by atoms with E-state index in [1.54, 1.807) is 7.11 Å². The molecule has 0 spiro atoms. The molecule has 24 heavy (non-hydrogen) atoms. The number of halogens is 2. The van der Waals surface area contributed by atoms with E-state index in [4.69, 9.17) is 4.74 Å². The Labute approximate surface area is 139 Å². The maximum Gasteiger partial charge on any atom is 0.225 e. The van der Waals surface area contributed by atoms with Gasteiger partial charge in [-0.25, -0.2) is 8.78 Å². The van der Waals surface area contributed by atoms with Gasteiger partial charge >= 0.3 is 0 Å². The zero-order chi connectivity index (χ0) is 17.4. The topological polar surface area (TPSA) is 50.4 Å². The van der Waals surface area contributed by atoms with Gasteiger partial charge in [-0.15, -0.1) is 0 Å². The van der Waals surface area contributed by atoms with Crippen molar-refractivity contribution >= 4 is 11.6 Å². The molecule has 4 nitrogen and oxygen atoms in total. The van der Waals surface area contributed by atoms with Crippen LogP contribution in [0.1, 0.15) is 12.0 Å². The van der Waals surface area contributed by atoms with Gasteiger partial charge in [0.15, 0.2) is 11.6 Å². The number of carbonyl (C=O) groups excluding carboxylic acids is 1. The van der Waals surface area contributed by atoms with Gasteiger partial charge < -0.3 is 15.4 Å². The van der Waals surface area contributed by atoms with Crippen molar-refractivity contribution in [3.05, 3.63) is 59.7 Å². The van der Waals surface area contributed by atoms with Gasteiger partial charge in [-0.3, -0.25) is 4.79 Å². The van der Waals surface area contributed by atoms with Crippen LogP contribution in [0.2, 0.25) is 0 Å². The van der Waals surface area contributed by atoms with Crippen LogP contribution in [-0.4, -0.2) is 26.1 Å². The summed E-state index contributed by atoms with van der Waals surface area (Å²) >= 11 is 0. The summed E-state index contributed by atoms with van der Waals surface area (Å²) < 4.78 is 31.1. The molecule has 0 atom stereocenters. The van der Waals surface area contributed by atoms with Crippen LogP contribution in [0.5, 0.6) is 5.75 Å². The largest absolute Gasteiger partial charge is 0.496 e. The lowest BCUT2D eigenvalue weighted by molar-refractivity contribution is -0.116. The number of ether oxygens (including phenoxy) is 1. The van der Waals surface area contributed by atoms with Gasteiger partial charge in [0.25, 0.3) is 0 Å². The Kier molecular flexibility index (Phi) is 6.69. The van der Waals surface area contributed by atoms with Crippen LogP contribution in [0.25, 0.3) is 0 Å². The van der Waals surface area contributed by atoms with Crippen LogP contribution >= 0.6 is 0 Å². The molecule has 0 aliphatic rings. The van der Waals surface area contributed by atoms with E-state index in [0.29, 0.717) is 13.1 Å². The van der Waals surface area contributed by atoms with Crippen LogP contribution in [-0.2, 0) is 11.2 Å². The first kappa shape index (κ1) is 17.9. The second-order valence-corrected chi connectivity index (χ2v) is 5.24. The normalized spacial score (nSPS) is 10.5. The molecular formula is C18H20F2N2O2. The van der Waals surface area contributed by atoms with E-state index in [-0.39, 0.29) is 18.0 Å². The average Bonchev–Trinajstić information content (AvgIpc) is 2.58. The Bertz CT molecular complexity index is 692. The lowest BCUT2D eigenvalue weighted by Gasteiger charge is -2.09. The molecule has 2 aromatic carbocycles. The van der Waals surface area contributed by atoms with Crippen molar-refractivity contribution in [2.75, 3.05) is 25.5 Å². The van der Waals surface area contributed by atoms with Crippen molar-refractivity contribution in [1.29, 1.82) is 0 Å². The quantitative estimate of drug-likeness (QED) is 0.729. The Morgan fingerprint density at radius 2 is 1.88 bits per heavy atom. The van der Waals surface area contributed by atoms with E-state index in [1.807, 2.05) is 24.3 Å². The standard InChI is InChI=1S/C18H20F2N2O2/c1-24-17-5-3-2-4-13(17)8-10-21-11-9-18(23)22-14-6-7-15(19)16(20)12-14/h2-7,12,21H,8-11H2,1H3,(H,22,23). The van der Waals surface area contributed by atoms with Gasteiger partial charge in [0.1, 0.15) is 5.75 Å². The molecular weight excluding hydrogens is 314 g/mol. The molecule has 0 aromatic heterocycles. The number of benzene rings is 2. The molecule has 0 unspecified atom stereocenters. The van der Waals surface area contributed by atoms with Gasteiger partial charge in [0.2, 0.25) is 5.91 Å². The zero-order valence-corrected chi connectivity index (χ0v) is 13.4. The van der Waals surface area contributed by atoms with Crippen molar-refractivity contribution in [2.45, 2.75) is 12.8 Å². The number of para-hydroxylation sites is 1. The van der Waals surface area contributed by atoms with E-state index in [2.05, 4.69) is 10.6 Å². The van der Waals surface area contributed by atoms with Crippen LogP contribution in [0.15, 0.2) is 42.5 Å². The highest BCUT2D eigenvalue weighted by Gasteiger charge is 2.06. The summed E-state index contributed by atoms with van der Waals surface area (Å²) in [6.45, 7) is 1.20. The van der Waals surface area contributed by atoms with E-state index in [9.17, 15) is 13.6 Å². The van der Waals surface area contributed by atoms with Crippen molar-refractivity contribution in [3.63, 3.8) is 0 Å². The van der Waals surface area contributed by atoms with Crippen molar-refractivity contribution < 1.29 is 18.3 Å². The number of hydrogen-bond acceptors (Lipinski definition) is 3. The van der Waals surface area contributed by atoms with Gasteiger partial charge in [-0.1, -0.05) is 18.2 Å². The number of carbonyl (C=O) groups is 1. The minimum Gasteiger partial charge on any atom is -0.496 e. The monoisotopic (exact) mass is 334 g/mol. The Balaban J connectivity index is 1.68. The van der Waals surface area contributed by atoms with E-state index in [0.717, 1.165) is 29.9 Å². The summed E-state index contributed by atoms with van der Waals surface area (Å²) in [7, 11) is 1.63. The summed E-state index contributed by atoms with van der Waals surface area (Å²) in [6, 6.07) is 11.0. The number of rotatable bonds is 8. The SMILES string of the molecule is COc1ccccc1CCNCCC(=O)Nc1ccc(F)c(F)c1. The molecule has 0 heterocycles. The predicted molar refractivity (Wildman–Crippen MR) is 89.2 cm³/mol. The lowest BCUT2D eigenvalue weighted by Crippen LogP contribution is -2.23. The number of hydrogen-bond donors (Lipinski definition) is 2. The first-order chi connectivity index (χ1) is 11.6. The summed E-state index contributed by atoms with van der Waals surface area (Å²) in [4.78, 5) is 11.8. The first-order valence-corrected chi connectivity index (χ1v) is 7.67. The summed E-state index contributed by atoms with van der Waals surface area (Å²) in [5.74, 6) is -1.34. The fraction of sp³-hybridized carbons (Fsp3) is 0.278. The Hall–Kier alpha value is -2.47. The number of nitrogens with one attached hydrogen (secondary N) is 2. The minimum atomic E-state index is -0.984. The number of amides is 1. The van der Waals surface area contributed by atoms with Crippen molar-refractivity contribution in [2.24, 2.45) is 0 Å². The third-order valence-electron chi connectivity index (χ3n) is 3.50. The van der Waals surface area contributed by atoms with Gasteiger partial charge in [0, 0.05) is 24.7 Å². The Morgan fingerprint density at radius 1 is 1.08 bits per heavy atom. The lowest BCUT2D eigenvalue weighted by atomic mass is 10.1. The highest BCUT2D eigenvalue weighted by Crippen LogP contribution is 2.17. The molecule has 2 N–H and O–H groups in total. The van der Waals surface area contributed by atoms with Crippen LogP contribution in [0.3, 0.4) is 0 Å². The Morgan fingerprint density at radius 3 is 2.62 bits per heavy atom. The molecule has 0 saturated carbocycles. The molecule has 0 bridgehead atoms. The maximum atomic E-state index is 13.1. The molecule has 0 radical (unpaired) electrons. The molecule has 0 saturated heterocycles. The van der Waals surface area contributed by atoms with Crippen molar-refractivity contribution in [1.82, 2.24) is 5.32 Å². The second kappa shape index (κ2) is 8.98. The molecule has 2 rings (SSSR count). The van der Waals surface area contributed by atoms with Gasteiger partial charge in [-0.2, -0.15) is 0 Å². The van der Waals surface area contributed by atoms with E-state index < -0.39 is 11.6 Å². The van der Waals surface area contributed by atoms with Crippen LogP contribution in [0.4, 0.5) is 14.5 Å². The molecule has 2 aromatic rings. The van der Waals surface area contributed by atoms with Gasteiger partial charge in [0.05, 0.1) is 7.11 Å². The molecule has 0 fully saturated rings. The highest BCUT2D eigenvalue weighted by molar-refractivity contribution is 5.90. The summed E-state index contributed by atoms with van der Waals surface area (Å²) in [5, 5.41) is 5.70. The number of methoxy groups -OCH3 is 1.